The van der Waals surface area contributed by atoms with Gasteiger partial charge in [0.1, 0.15) is 5.69 Å². The Hall–Kier alpha value is -2.23. The van der Waals surface area contributed by atoms with E-state index in [1.807, 2.05) is 42.6 Å². The van der Waals surface area contributed by atoms with E-state index >= 15 is 0 Å². The molecule has 0 amide bonds. The molecule has 104 valence electrons. The number of nitrogens with one attached hydrogen (secondary N) is 2. The molecular formula is C16H19N3O. The van der Waals surface area contributed by atoms with Crippen LogP contribution in [0.25, 0.3) is 0 Å². The minimum atomic E-state index is 0.0118. The first-order valence-corrected chi connectivity index (χ1v) is 6.99. The molecule has 4 heteroatoms. The van der Waals surface area contributed by atoms with Crippen LogP contribution in [0.5, 0.6) is 0 Å². The number of hydrogen-bond donors (Lipinski definition) is 2. The number of rotatable bonds is 5. The van der Waals surface area contributed by atoms with Crippen molar-refractivity contribution in [3.05, 3.63) is 58.5 Å². The van der Waals surface area contributed by atoms with E-state index in [-0.39, 0.29) is 5.56 Å². The predicted octanol–water partition coefficient (Wildman–Crippen LogP) is 2.51. The second-order valence-electron chi connectivity index (χ2n) is 5.23. The van der Waals surface area contributed by atoms with Crippen LogP contribution in [0.3, 0.4) is 0 Å². The minimum Gasteiger partial charge on any atom is -0.384 e. The van der Waals surface area contributed by atoms with E-state index in [0.29, 0.717) is 18.3 Å². The molecule has 1 saturated carbocycles. The van der Waals surface area contributed by atoms with Crippen LogP contribution >= 0.6 is 0 Å². The number of benzene rings is 1. The summed E-state index contributed by atoms with van der Waals surface area (Å²) in [5, 5.41) is 6.43. The Morgan fingerprint density at radius 3 is 2.65 bits per heavy atom. The molecule has 4 nitrogen and oxygen atoms in total. The maximum absolute atomic E-state index is 12.3. The average Bonchev–Trinajstić information content (AvgIpc) is 3.27. The van der Waals surface area contributed by atoms with Crippen molar-refractivity contribution in [1.82, 2.24) is 4.57 Å². The van der Waals surface area contributed by atoms with Gasteiger partial charge in [-0.25, -0.2) is 0 Å². The van der Waals surface area contributed by atoms with Gasteiger partial charge in [-0.1, -0.05) is 30.3 Å². The maximum Gasteiger partial charge on any atom is 0.274 e. The fourth-order valence-corrected chi connectivity index (χ4v) is 2.25. The first kappa shape index (κ1) is 12.8. The zero-order chi connectivity index (χ0) is 13.9. The molecular weight excluding hydrogens is 250 g/mol. The van der Waals surface area contributed by atoms with Gasteiger partial charge in [0.15, 0.2) is 0 Å². The fourth-order valence-electron chi connectivity index (χ4n) is 2.25. The Kier molecular flexibility index (Phi) is 3.46. The summed E-state index contributed by atoms with van der Waals surface area (Å²) < 4.78 is 1.76. The summed E-state index contributed by atoms with van der Waals surface area (Å²) in [4.78, 5) is 12.3. The Labute approximate surface area is 118 Å². The van der Waals surface area contributed by atoms with Crippen molar-refractivity contribution in [2.24, 2.45) is 0 Å². The molecule has 0 spiro atoms. The molecule has 0 saturated heterocycles. The maximum atomic E-state index is 12.3. The number of pyridine rings is 1. The molecule has 0 aliphatic heterocycles. The Balaban J connectivity index is 1.93. The van der Waals surface area contributed by atoms with E-state index in [0.717, 1.165) is 11.3 Å². The summed E-state index contributed by atoms with van der Waals surface area (Å²) in [7, 11) is 1.78. The van der Waals surface area contributed by atoms with Crippen molar-refractivity contribution in [3.63, 3.8) is 0 Å². The lowest BCUT2D eigenvalue weighted by Crippen LogP contribution is -2.23. The summed E-state index contributed by atoms with van der Waals surface area (Å²) in [6, 6.07) is 12.5. The first-order chi connectivity index (χ1) is 9.76. The third-order valence-corrected chi connectivity index (χ3v) is 3.50. The van der Waals surface area contributed by atoms with Gasteiger partial charge in [-0.15, -0.1) is 0 Å². The molecule has 1 fully saturated rings. The third-order valence-electron chi connectivity index (χ3n) is 3.50. The molecule has 1 aromatic heterocycles. The van der Waals surface area contributed by atoms with Crippen LogP contribution in [0, 0.1) is 0 Å². The van der Waals surface area contributed by atoms with E-state index in [1.165, 1.54) is 12.8 Å². The lowest BCUT2D eigenvalue weighted by atomic mass is 10.2. The first-order valence-electron chi connectivity index (χ1n) is 6.99. The van der Waals surface area contributed by atoms with E-state index in [9.17, 15) is 4.79 Å². The molecule has 1 aromatic carbocycles. The van der Waals surface area contributed by atoms with E-state index in [4.69, 9.17) is 0 Å². The highest BCUT2D eigenvalue weighted by Gasteiger charge is 2.21. The Bertz CT molecular complexity index is 645. The monoisotopic (exact) mass is 269 g/mol. The van der Waals surface area contributed by atoms with E-state index < -0.39 is 0 Å². The van der Waals surface area contributed by atoms with Gasteiger partial charge >= 0.3 is 0 Å². The highest BCUT2D eigenvalue weighted by molar-refractivity contribution is 5.55. The highest BCUT2D eigenvalue weighted by Crippen LogP contribution is 2.25. The number of hydrogen-bond acceptors (Lipinski definition) is 3. The van der Waals surface area contributed by atoms with Crippen LogP contribution in [0.1, 0.15) is 18.4 Å². The van der Waals surface area contributed by atoms with Gasteiger partial charge in [0, 0.05) is 19.3 Å². The summed E-state index contributed by atoms with van der Waals surface area (Å²) in [6.07, 6.45) is 4.34. The van der Waals surface area contributed by atoms with Crippen LogP contribution in [-0.4, -0.2) is 17.7 Å². The smallest absolute Gasteiger partial charge is 0.274 e. The SMILES string of the molecule is CNc1cc(NC2CC2)cn(Cc2ccccc2)c1=O. The molecule has 1 aliphatic carbocycles. The summed E-state index contributed by atoms with van der Waals surface area (Å²) in [5.74, 6) is 0. The van der Waals surface area contributed by atoms with Crippen molar-refractivity contribution in [1.29, 1.82) is 0 Å². The molecule has 20 heavy (non-hydrogen) atoms. The highest BCUT2D eigenvalue weighted by atomic mass is 16.1. The van der Waals surface area contributed by atoms with Crippen LogP contribution in [0.2, 0.25) is 0 Å². The second kappa shape index (κ2) is 5.41. The fraction of sp³-hybridized carbons (Fsp3) is 0.312. The molecule has 0 atom stereocenters. The summed E-state index contributed by atoms with van der Waals surface area (Å²) in [6.45, 7) is 0.592. The molecule has 2 aromatic rings. The van der Waals surface area contributed by atoms with Gasteiger partial charge in [0.25, 0.3) is 5.56 Å². The molecule has 0 bridgehead atoms. The summed E-state index contributed by atoms with van der Waals surface area (Å²) >= 11 is 0. The van der Waals surface area contributed by atoms with Crippen LogP contribution in [-0.2, 0) is 6.54 Å². The zero-order valence-electron chi connectivity index (χ0n) is 11.6. The summed E-state index contributed by atoms with van der Waals surface area (Å²) in [5.41, 5.74) is 2.77. The van der Waals surface area contributed by atoms with E-state index in [1.54, 1.807) is 11.6 Å². The lowest BCUT2D eigenvalue weighted by Gasteiger charge is -2.13. The topological polar surface area (TPSA) is 46.1 Å². The van der Waals surface area contributed by atoms with Crippen LogP contribution in [0.15, 0.2) is 47.4 Å². The van der Waals surface area contributed by atoms with Crippen molar-refractivity contribution < 1.29 is 0 Å². The molecule has 0 radical (unpaired) electrons. The molecule has 1 heterocycles. The zero-order valence-corrected chi connectivity index (χ0v) is 11.6. The third kappa shape index (κ3) is 2.85. The minimum absolute atomic E-state index is 0.0118. The van der Waals surface area contributed by atoms with Crippen molar-refractivity contribution in [2.45, 2.75) is 25.4 Å². The van der Waals surface area contributed by atoms with Crippen LogP contribution < -0.4 is 16.2 Å². The lowest BCUT2D eigenvalue weighted by molar-refractivity contribution is 0.761. The van der Waals surface area contributed by atoms with Crippen LogP contribution in [0.4, 0.5) is 11.4 Å². The predicted molar refractivity (Wildman–Crippen MR) is 82.4 cm³/mol. The molecule has 0 unspecified atom stereocenters. The number of aromatic nitrogens is 1. The Morgan fingerprint density at radius 1 is 1.25 bits per heavy atom. The van der Waals surface area contributed by atoms with Crippen molar-refractivity contribution >= 4 is 11.4 Å². The normalized spacial score (nSPS) is 14.1. The second-order valence-corrected chi connectivity index (χ2v) is 5.23. The Morgan fingerprint density at radius 2 is 2.00 bits per heavy atom. The number of anilines is 2. The van der Waals surface area contributed by atoms with Gasteiger partial charge in [0.2, 0.25) is 0 Å². The quantitative estimate of drug-likeness (QED) is 0.876. The molecule has 2 N–H and O–H groups in total. The van der Waals surface area contributed by atoms with Gasteiger partial charge < -0.3 is 15.2 Å². The van der Waals surface area contributed by atoms with Crippen molar-refractivity contribution in [2.75, 3.05) is 17.7 Å². The van der Waals surface area contributed by atoms with Gasteiger partial charge in [-0.05, 0) is 24.5 Å². The van der Waals surface area contributed by atoms with E-state index in [2.05, 4.69) is 10.6 Å². The standard InChI is InChI=1S/C16H19N3O/c1-17-15-9-14(18-13-7-8-13)11-19(16(15)20)10-12-5-3-2-4-6-12/h2-6,9,11,13,17-18H,7-8,10H2,1H3. The number of nitrogens with zero attached hydrogens (tertiary/aromatic N) is 1. The average molecular weight is 269 g/mol. The van der Waals surface area contributed by atoms with Gasteiger partial charge in [-0.3, -0.25) is 4.79 Å². The molecule has 1 aliphatic rings. The van der Waals surface area contributed by atoms with Gasteiger partial charge in [0.05, 0.1) is 12.2 Å². The van der Waals surface area contributed by atoms with Gasteiger partial charge in [-0.2, -0.15) is 0 Å². The molecule has 3 rings (SSSR count). The van der Waals surface area contributed by atoms with Crippen molar-refractivity contribution in [3.8, 4) is 0 Å². The largest absolute Gasteiger partial charge is 0.384 e.